The number of nitrogen functional groups attached to an aromatic ring is 1. The molecule has 3 aliphatic rings. The number of nitrogens with zero attached hydrogens (tertiary/aromatic N) is 4. The van der Waals surface area contributed by atoms with Gasteiger partial charge in [-0.2, -0.15) is 28.4 Å². The van der Waals surface area contributed by atoms with Crippen molar-refractivity contribution in [2.24, 2.45) is 5.41 Å². The second-order valence-corrected chi connectivity index (χ2v) is 12.6. The Bertz CT molecular complexity index is 1820. The molecule has 3 fully saturated rings. The summed E-state index contributed by atoms with van der Waals surface area (Å²) in [6, 6.07) is 4.58. The van der Waals surface area contributed by atoms with E-state index >= 15 is 4.39 Å². The molecule has 2 aromatic carbocycles. The zero-order chi connectivity index (χ0) is 30.3. The number of aliphatic hydroxyl groups excluding tert-OH is 1. The topological polar surface area (TPSA) is 120 Å². The summed E-state index contributed by atoms with van der Waals surface area (Å²) in [5, 5.41) is 22.5. The zero-order valence-electron chi connectivity index (χ0n) is 22.6. The van der Waals surface area contributed by atoms with Crippen molar-refractivity contribution in [3.8, 4) is 23.2 Å². The Balaban J connectivity index is 1.50. The maximum Gasteiger partial charge on any atom is 0.417 e. The SMILES string of the molecule is N#Cc1c(N)sc2c(F)ccc(-c3c(C(F)(F)F)cc4c(N5CC6CCC(C5)N6)nc(OCC5(CO)CC5)nc4c3F)c12. The maximum absolute atomic E-state index is 16.7. The summed E-state index contributed by atoms with van der Waals surface area (Å²) in [5.74, 6) is -1.98. The molecule has 1 aliphatic carbocycles. The summed E-state index contributed by atoms with van der Waals surface area (Å²) < 4.78 is 81.4. The number of nitrogens with one attached hydrogen (secondary N) is 1. The molecule has 2 unspecified atom stereocenters. The van der Waals surface area contributed by atoms with E-state index in [0.717, 1.165) is 43.9 Å². The normalized spacial score (nSPS) is 21.0. The van der Waals surface area contributed by atoms with Crippen molar-refractivity contribution in [3.05, 3.63) is 41.0 Å². The molecule has 2 saturated heterocycles. The molecular formula is C29H25F5N6O2S. The van der Waals surface area contributed by atoms with Crippen LogP contribution in [-0.4, -0.2) is 53.5 Å². The molecular weight excluding hydrogens is 591 g/mol. The molecule has 43 heavy (non-hydrogen) atoms. The lowest BCUT2D eigenvalue weighted by molar-refractivity contribution is -0.137. The van der Waals surface area contributed by atoms with Crippen LogP contribution in [0.1, 0.15) is 36.8 Å². The molecule has 4 heterocycles. The van der Waals surface area contributed by atoms with E-state index in [1.54, 1.807) is 0 Å². The third-order valence-electron chi connectivity index (χ3n) is 8.71. The Morgan fingerprint density at radius 1 is 1.19 bits per heavy atom. The van der Waals surface area contributed by atoms with Crippen LogP contribution in [-0.2, 0) is 6.18 Å². The van der Waals surface area contributed by atoms with Gasteiger partial charge in [0.1, 0.15) is 28.2 Å². The molecule has 1 saturated carbocycles. The van der Waals surface area contributed by atoms with E-state index in [9.17, 15) is 27.9 Å². The van der Waals surface area contributed by atoms with Gasteiger partial charge in [0.15, 0.2) is 5.82 Å². The minimum absolute atomic E-state index is 0.0641. The van der Waals surface area contributed by atoms with Gasteiger partial charge in [-0.15, -0.1) is 11.3 Å². The molecule has 2 aromatic heterocycles. The number of fused-ring (bicyclic) bond motifs is 4. The smallest absolute Gasteiger partial charge is 0.417 e. The number of hydrogen-bond acceptors (Lipinski definition) is 9. The first kappa shape index (κ1) is 28.0. The van der Waals surface area contributed by atoms with Gasteiger partial charge < -0.3 is 25.8 Å². The summed E-state index contributed by atoms with van der Waals surface area (Å²) in [4.78, 5) is 10.6. The van der Waals surface area contributed by atoms with E-state index in [-0.39, 0.29) is 68.7 Å². The predicted octanol–water partition coefficient (Wildman–Crippen LogP) is 5.35. The van der Waals surface area contributed by atoms with Crippen LogP contribution in [0.5, 0.6) is 6.01 Å². The van der Waals surface area contributed by atoms with Gasteiger partial charge in [0, 0.05) is 46.9 Å². The van der Waals surface area contributed by atoms with Crippen molar-refractivity contribution in [2.75, 3.05) is 36.9 Å². The van der Waals surface area contributed by atoms with E-state index in [0.29, 0.717) is 24.4 Å². The van der Waals surface area contributed by atoms with Crippen LogP contribution in [0.25, 0.3) is 32.1 Å². The zero-order valence-corrected chi connectivity index (χ0v) is 23.4. The number of piperazine rings is 1. The summed E-state index contributed by atoms with van der Waals surface area (Å²) >= 11 is 0.706. The largest absolute Gasteiger partial charge is 0.463 e. The van der Waals surface area contributed by atoms with Crippen molar-refractivity contribution < 1.29 is 31.8 Å². The van der Waals surface area contributed by atoms with Crippen LogP contribution >= 0.6 is 11.3 Å². The van der Waals surface area contributed by atoms with Gasteiger partial charge >= 0.3 is 12.2 Å². The fraction of sp³-hybridized carbons (Fsp3) is 0.414. The van der Waals surface area contributed by atoms with E-state index in [2.05, 4.69) is 15.3 Å². The van der Waals surface area contributed by atoms with E-state index < -0.39 is 39.9 Å². The van der Waals surface area contributed by atoms with Crippen LogP contribution in [0.2, 0.25) is 0 Å². The highest BCUT2D eigenvalue weighted by atomic mass is 32.1. The number of nitriles is 1. The van der Waals surface area contributed by atoms with E-state index in [1.807, 2.05) is 11.0 Å². The third-order valence-corrected chi connectivity index (χ3v) is 9.74. The molecule has 0 amide bonds. The van der Waals surface area contributed by atoms with Crippen molar-refractivity contribution in [2.45, 2.75) is 43.9 Å². The lowest BCUT2D eigenvalue weighted by atomic mass is 9.92. The highest BCUT2D eigenvalue weighted by Crippen LogP contribution is 2.49. The molecule has 4 N–H and O–H groups in total. The number of alkyl halides is 3. The van der Waals surface area contributed by atoms with Crippen LogP contribution in [0.4, 0.5) is 32.8 Å². The quantitative estimate of drug-likeness (QED) is 0.248. The summed E-state index contributed by atoms with van der Waals surface area (Å²) in [5.41, 5.74) is 2.32. The van der Waals surface area contributed by atoms with Gasteiger partial charge in [-0.1, -0.05) is 6.07 Å². The van der Waals surface area contributed by atoms with Gasteiger partial charge in [0.2, 0.25) is 0 Å². The Hall–Kier alpha value is -3.80. The Morgan fingerprint density at radius 2 is 1.91 bits per heavy atom. The highest BCUT2D eigenvalue weighted by molar-refractivity contribution is 7.23. The molecule has 2 aliphatic heterocycles. The first-order valence-corrected chi connectivity index (χ1v) is 14.6. The summed E-state index contributed by atoms with van der Waals surface area (Å²) in [7, 11) is 0. The molecule has 2 atom stereocenters. The minimum Gasteiger partial charge on any atom is -0.463 e. The first-order chi connectivity index (χ1) is 20.5. The van der Waals surface area contributed by atoms with Crippen molar-refractivity contribution in [1.82, 2.24) is 15.3 Å². The molecule has 0 spiro atoms. The number of hydrogen-bond donors (Lipinski definition) is 3. The summed E-state index contributed by atoms with van der Waals surface area (Å²) in [6.45, 7) is 0.847. The molecule has 14 heteroatoms. The fourth-order valence-corrected chi connectivity index (χ4v) is 7.15. The van der Waals surface area contributed by atoms with Gasteiger partial charge in [-0.05, 0) is 43.4 Å². The summed E-state index contributed by atoms with van der Waals surface area (Å²) in [6.07, 6.45) is -1.79. The number of nitrogens with two attached hydrogens (primary N) is 1. The Labute approximate surface area is 245 Å². The Kier molecular flexibility index (Phi) is 6.42. The number of thiophene rings is 1. The molecule has 7 rings (SSSR count). The monoisotopic (exact) mass is 616 g/mol. The van der Waals surface area contributed by atoms with Crippen molar-refractivity contribution in [3.63, 3.8) is 0 Å². The van der Waals surface area contributed by atoms with Crippen molar-refractivity contribution in [1.29, 1.82) is 5.26 Å². The third kappa shape index (κ3) is 4.61. The van der Waals surface area contributed by atoms with E-state index in [1.165, 1.54) is 0 Å². The Morgan fingerprint density at radius 3 is 2.53 bits per heavy atom. The average Bonchev–Trinajstić information content (AvgIpc) is 3.57. The number of rotatable bonds is 6. The van der Waals surface area contributed by atoms with Crippen LogP contribution in [0.15, 0.2) is 18.2 Å². The number of halogens is 5. The number of aliphatic hydroxyl groups is 1. The standard InChI is InChI=1S/C29H25F5N6O2S/c30-19-4-3-15(20-17(8-35)25(36)43-24(19)20)21-18(29(32,33)34)7-16-23(22(21)31)38-27(42-12-28(11-41)5-6-28)39-26(16)40-9-13-1-2-14(10-40)37-13/h3-4,7,13-14,37,41H,1-2,5-6,9-12,36H2. The molecule has 2 bridgehead atoms. The second kappa shape index (κ2) is 9.87. The molecule has 8 nitrogen and oxygen atoms in total. The van der Waals surface area contributed by atoms with Gasteiger partial charge in [-0.25, -0.2) is 8.78 Å². The van der Waals surface area contributed by atoms with Gasteiger partial charge in [-0.3, -0.25) is 0 Å². The minimum atomic E-state index is -5.03. The van der Waals surface area contributed by atoms with Gasteiger partial charge in [0.05, 0.1) is 29.0 Å². The number of anilines is 2. The molecule has 224 valence electrons. The first-order valence-electron chi connectivity index (χ1n) is 13.8. The number of aromatic nitrogens is 2. The van der Waals surface area contributed by atoms with Crippen LogP contribution in [0.3, 0.4) is 0 Å². The lowest BCUT2D eigenvalue weighted by Crippen LogP contribution is -2.51. The maximum atomic E-state index is 16.7. The van der Waals surface area contributed by atoms with Crippen LogP contribution < -0.4 is 20.7 Å². The second-order valence-electron chi connectivity index (χ2n) is 11.6. The van der Waals surface area contributed by atoms with Crippen molar-refractivity contribution >= 4 is 43.1 Å². The highest BCUT2D eigenvalue weighted by Gasteiger charge is 2.44. The fourth-order valence-electron chi connectivity index (χ4n) is 6.20. The van der Waals surface area contributed by atoms with Crippen LogP contribution in [0, 0.1) is 28.4 Å². The predicted molar refractivity (Wildman–Crippen MR) is 151 cm³/mol. The lowest BCUT2D eigenvalue weighted by Gasteiger charge is -2.34. The number of ether oxygens (including phenoxy) is 1. The molecule has 0 radical (unpaired) electrons. The average molecular weight is 617 g/mol. The number of benzene rings is 2. The van der Waals surface area contributed by atoms with Gasteiger partial charge in [0.25, 0.3) is 0 Å². The van der Waals surface area contributed by atoms with E-state index in [4.69, 9.17) is 10.5 Å². The molecule has 4 aromatic rings.